The number of guanidine groups is 1. The Balaban J connectivity index is 0.00000300. The molecule has 2 N–H and O–H groups in total. The van der Waals surface area contributed by atoms with Crippen LogP contribution in [0.1, 0.15) is 51.8 Å². The van der Waals surface area contributed by atoms with Gasteiger partial charge in [-0.2, -0.15) is 0 Å². The number of rotatable bonds is 10. The van der Waals surface area contributed by atoms with Crippen LogP contribution < -0.4 is 10.6 Å². The van der Waals surface area contributed by atoms with Crippen molar-refractivity contribution in [2.24, 2.45) is 10.9 Å². The van der Waals surface area contributed by atoms with Crippen molar-refractivity contribution in [2.75, 3.05) is 26.2 Å². The van der Waals surface area contributed by atoms with Crippen LogP contribution in [0.2, 0.25) is 0 Å². The Morgan fingerprint density at radius 3 is 2.83 bits per heavy atom. The fourth-order valence-corrected chi connectivity index (χ4v) is 4.00. The van der Waals surface area contributed by atoms with E-state index >= 15 is 0 Å². The molecule has 1 unspecified atom stereocenters. The first-order chi connectivity index (χ1) is 13.8. The Morgan fingerprint density at radius 2 is 2.07 bits per heavy atom. The molecule has 0 saturated heterocycles. The summed E-state index contributed by atoms with van der Waals surface area (Å²) in [4.78, 5) is 4.76. The second kappa shape index (κ2) is 13.0. The molecule has 8 heteroatoms. The van der Waals surface area contributed by atoms with Crippen molar-refractivity contribution in [2.45, 2.75) is 58.5 Å². The van der Waals surface area contributed by atoms with Gasteiger partial charge in [-0.05, 0) is 51.2 Å². The summed E-state index contributed by atoms with van der Waals surface area (Å²) in [5.74, 6) is 2.53. The average Bonchev–Trinajstić information content (AvgIpc) is 3.38. The van der Waals surface area contributed by atoms with Crippen LogP contribution >= 0.6 is 24.0 Å². The molecule has 1 aliphatic rings. The van der Waals surface area contributed by atoms with Crippen molar-refractivity contribution in [3.05, 3.63) is 30.2 Å². The lowest BCUT2D eigenvalue weighted by Crippen LogP contribution is -2.38. The van der Waals surface area contributed by atoms with E-state index < -0.39 is 0 Å². The summed E-state index contributed by atoms with van der Waals surface area (Å²) in [5, 5.41) is 15.2. The number of fused-ring (bicyclic) bond motifs is 1. The minimum absolute atomic E-state index is 0. The van der Waals surface area contributed by atoms with Gasteiger partial charge >= 0.3 is 0 Å². The molecule has 1 aliphatic carbocycles. The van der Waals surface area contributed by atoms with Crippen LogP contribution in [0, 0.1) is 5.92 Å². The largest absolute Gasteiger partial charge is 0.378 e. The molecule has 162 valence electrons. The molecule has 0 amide bonds. The van der Waals surface area contributed by atoms with Crippen molar-refractivity contribution >= 4 is 35.6 Å². The molecule has 0 bridgehead atoms. The van der Waals surface area contributed by atoms with Crippen LogP contribution in [0.25, 0.3) is 5.65 Å². The lowest BCUT2D eigenvalue weighted by atomic mass is 9.98. The third-order valence-corrected chi connectivity index (χ3v) is 5.36. The molecule has 1 fully saturated rings. The number of hydrogen-bond acceptors (Lipinski definition) is 4. The van der Waals surface area contributed by atoms with Crippen molar-refractivity contribution < 1.29 is 4.74 Å². The molecular formula is C21H35IN6O. The van der Waals surface area contributed by atoms with Crippen LogP contribution in [0.3, 0.4) is 0 Å². The molecule has 2 aromatic heterocycles. The third-order valence-electron chi connectivity index (χ3n) is 5.36. The van der Waals surface area contributed by atoms with Gasteiger partial charge in [-0.3, -0.25) is 9.39 Å². The Kier molecular flexibility index (Phi) is 10.7. The van der Waals surface area contributed by atoms with Crippen molar-refractivity contribution in [1.82, 2.24) is 25.2 Å². The van der Waals surface area contributed by atoms with Crippen molar-refractivity contribution in [3.63, 3.8) is 0 Å². The lowest BCUT2D eigenvalue weighted by Gasteiger charge is -2.22. The Morgan fingerprint density at radius 1 is 1.24 bits per heavy atom. The summed E-state index contributed by atoms with van der Waals surface area (Å²) < 4.78 is 8.04. The number of aliphatic imine (C=N–C) groups is 1. The minimum Gasteiger partial charge on any atom is -0.378 e. The number of halogens is 1. The fourth-order valence-electron chi connectivity index (χ4n) is 4.00. The number of nitrogens with zero attached hydrogens (tertiary/aromatic N) is 4. The average molecular weight is 514 g/mol. The van der Waals surface area contributed by atoms with Gasteiger partial charge in [0.25, 0.3) is 0 Å². The molecule has 0 radical (unpaired) electrons. The molecule has 3 rings (SSSR count). The van der Waals surface area contributed by atoms with Gasteiger partial charge in [0, 0.05) is 38.9 Å². The van der Waals surface area contributed by atoms with E-state index in [0.717, 1.165) is 56.5 Å². The Labute approximate surface area is 191 Å². The number of hydrogen-bond donors (Lipinski definition) is 2. The zero-order valence-electron chi connectivity index (χ0n) is 17.6. The molecule has 0 spiro atoms. The van der Waals surface area contributed by atoms with Gasteiger partial charge in [0.1, 0.15) is 5.82 Å². The predicted octanol–water partition coefficient (Wildman–Crippen LogP) is 3.43. The van der Waals surface area contributed by atoms with Crippen LogP contribution in [0.4, 0.5) is 0 Å². The van der Waals surface area contributed by atoms with Gasteiger partial charge in [-0.1, -0.05) is 18.9 Å². The van der Waals surface area contributed by atoms with E-state index in [0.29, 0.717) is 12.0 Å². The number of nitrogens with one attached hydrogen (secondary N) is 2. The van der Waals surface area contributed by atoms with Gasteiger partial charge in [0.05, 0.1) is 6.10 Å². The minimum atomic E-state index is 0. The van der Waals surface area contributed by atoms with E-state index in [1.807, 2.05) is 28.8 Å². The molecule has 0 aliphatic heterocycles. The third kappa shape index (κ3) is 7.09. The van der Waals surface area contributed by atoms with Gasteiger partial charge in [-0.15, -0.1) is 34.2 Å². The second-order valence-electron chi connectivity index (χ2n) is 7.31. The first-order valence-corrected chi connectivity index (χ1v) is 10.7. The summed E-state index contributed by atoms with van der Waals surface area (Å²) >= 11 is 0. The highest BCUT2D eigenvalue weighted by molar-refractivity contribution is 14.0. The standard InChI is InChI=1S/C21H34N6O.HI/c1-3-22-21(23-14-12-18(28-4-2)17-9-5-6-10-17)24-15-13-20-26-25-19-11-7-8-16-27(19)20;/h7-8,11,16-18H,3-6,9-10,12-15H2,1-2H3,(H2,22,23,24);1H. The molecule has 2 heterocycles. The second-order valence-corrected chi connectivity index (χ2v) is 7.31. The normalized spacial score (nSPS) is 16.0. The number of aromatic nitrogens is 3. The van der Waals surface area contributed by atoms with Crippen molar-refractivity contribution in [3.8, 4) is 0 Å². The molecule has 1 atom stereocenters. The van der Waals surface area contributed by atoms with E-state index in [1.54, 1.807) is 0 Å². The summed E-state index contributed by atoms with van der Waals surface area (Å²) in [6.45, 7) is 7.35. The predicted molar refractivity (Wildman–Crippen MR) is 128 cm³/mol. The molecule has 0 aromatic carbocycles. The monoisotopic (exact) mass is 514 g/mol. The van der Waals surface area contributed by atoms with Gasteiger partial charge in [0.2, 0.25) is 0 Å². The summed E-state index contributed by atoms with van der Waals surface area (Å²) in [6.07, 6.45) is 9.43. The SMILES string of the molecule is CCNC(=NCCC(OCC)C1CCCC1)NCCc1nnc2ccccn12.I. The smallest absolute Gasteiger partial charge is 0.191 e. The molecule has 7 nitrogen and oxygen atoms in total. The Hall–Kier alpha value is -1.42. The van der Waals surface area contributed by atoms with E-state index in [9.17, 15) is 0 Å². The maximum Gasteiger partial charge on any atom is 0.191 e. The van der Waals surface area contributed by atoms with Crippen LogP contribution in [-0.4, -0.2) is 52.9 Å². The maximum atomic E-state index is 6.01. The van der Waals surface area contributed by atoms with Crippen LogP contribution in [-0.2, 0) is 11.2 Å². The van der Waals surface area contributed by atoms with Crippen LogP contribution in [0.5, 0.6) is 0 Å². The van der Waals surface area contributed by atoms with Crippen molar-refractivity contribution in [1.29, 1.82) is 0 Å². The maximum absolute atomic E-state index is 6.01. The highest BCUT2D eigenvalue weighted by atomic mass is 127. The van der Waals surface area contributed by atoms with Gasteiger partial charge < -0.3 is 15.4 Å². The van der Waals surface area contributed by atoms with Gasteiger partial charge in [-0.25, -0.2) is 0 Å². The highest BCUT2D eigenvalue weighted by Gasteiger charge is 2.24. The molecule has 1 saturated carbocycles. The molecule has 29 heavy (non-hydrogen) atoms. The summed E-state index contributed by atoms with van der Waals surface area (Å²) in [7, 11) is 0. The van der Waals surface area contributed by atoms with E-state index in [4.69, 9.17) is 9.73 Å². The lowest BCUT2D eigenvalue weighted by molar-refractivity contribution is 0.0177. The van der Waals surface area contributed by atoms with E-state index in [2.05, 4.69) is 34.7 Å². The zero-order chi connectivity index (χ0) is 19.6. The van der Waals surface area contributed by atoms with E-state index in [-0.39, 0.29) is 24.0 Å². The first-order valence-electron chi connectivity index (χ1n) is 10.7. The fraction of sp³-hybridized carbons (Fsp3) is 0.667. The number of ether oxygens (including phenoxy) is 1. The number of pyridine rings is 1. The summed E-state index contributed by atoms with van der Waals surface area (Å²) in [6, 6.07) is 5.94. The van der Waals surface area contributed by atoms with Gasteiger partial charge in [0.15, 0.2) is 11.6 Å². The quantitative estimate of drug-likeness (QED) is 0.289. The van der Waals surface area contributed by atoms with Crippen LogP contribution in [0.15, 0.2) is 29.4 Å². The molecule has 2 aromatic rings. The molecular weight excluding hydrogens is 479 g/mol. The zero-order valence-corrected chi connectivity index (χ0v) is 20.0. The van der Waals surface area contributed by atoms with E-state index in [1.165, 1.54) is 25.7 Å². The topological polar surface area (TPSA) is 75.8 Å². The Bertz CT molecular complexity index is 744. The summed E-state index contributed by atoms with van der Waals surface area (Å²) in [5.41, 5.74) is 0.881. The first kappa shape index (κ1) is 23.9. The highest BCUT2D eigenvalue weighted by Crippen LogP contribution is 2.30.